The number of amides is 1. The van der Waals surface area contributed by atoms with Gasteiger partial charge in [0.05, 0.1) is 0 Å². The van der Waals surface area contributed by atoms with E-state index >= 15 is 0 Å². The molecule has 0 fully saturated rings. The Hall–Kier alpha value is -1.65. The van der Waals surface area contributed by atoms with Crippen molar-refractivity contribution in [2.45, 2.75) is 40.7 Å². The highest BCUT2D eigenvalue weighted by Gasteiger charge is 2.24. The highest BCUT2D eigenvalue weighted by Crippen LogP contribution is 2.18. The molecule has 1 heterocycles. The van der Waals surface area contributed by atoms with E-state index in [-0.39, 0.29) is 17.9 Å². The van der Waals surface area contributed by atoms with E-state index in [9.17, 15) is 4.79 Å². The topological polar surface area (TPSA) is 58.1 Å². The normalized spacial score (nSPS) is 12.4. The van der Waals surface area contributed by atoms with Crippen LogP contribution in [-0.2, 0) is 4.79 Å². The minimum atomic E-state index is -0.276. The van der Waals surface area contributed by atoms with Crippen molar-refractivity contribution >= 4 is 11.7 Å². The number of rotatable bonds is 4. The van der Waals surface area contributed by atoms with Crippen molar-refractivity contribution in [3.05, 3.63) is 17.1 Å². The van der Waals surface area contributed by atoms with Gasteiger partial charge in [0.25, 0.3) is 0 Å². The number of aromatic nitrogens is 2. The zero-order valence-corrected chi connectivity index (χ0v) is 12.9. The molecule has 1 atom stereocenters. The molecule has 1 aromatic heterocycles. The fourth-order valence-electron chi connectivity index (χ4n) is 1.85. The van der Waals surface area contributed by atoms with Gasteiger partial charge in [-0.15, -0.1) is 0 Å². The second kappa shape index (κ2) is 5.99. The van der Waals surface area contributed by atoms with Crippen LogP contribution in [0.3, 0.4) is 0 Å². The molecule has 0 saturated carbocycles. The molecule has 0 radical (unpaired) electrons. The monoisotopic (exact) mass is 264 g/mol. The second-order valence-corrected chi connectivity index (χ2v) is 5.43. The van der Waals surface area contributed by atoms with Crippen LogP contribution in [0.2, 0.25) is 0 Å². The lowest BCUT2D eigenvalue weighted by molar-refractivity contribution is -0.130. The molecule has 0 bridgehead atoms. The van der Waals surface area contributed by atoms with Gasteiger partial charge >= 0.3 is 0 Å². The summed E-state index contributed by atoms with van der Waals surface area (Å²) in [6.07, 6.45) is 0. The second-order valence-electron chi connectivity index (χ2n) is 5.43. The van der Waals surface area contributed by atoms with E-state index in [4.69, 9.17) is 0 Å². The minimum absolute atomic E-state index is 0.0586. The van der Waals surface area contributed by atoms with Crippen molar-refractivity contribution in [3.63, 3.8) is 0 Å². The summed E-state index contributed by atoms with van der Waals surface area (Å²) in [5.41, 5.74) is 1.93. The first kappa shape index (κ1) is 15.4. The van der Waals surface area contributed by atoms with Crippen LogP contribution in [0.25, 0.3) is 0 Å². The third-order valence-corrected chi connectivity index (χ3v) is 3.17. The molecular formula is C14H24N4O. The summed E-state index contributed by atoms with van der Waals surface area (Å²) in [5, 5.41) is 3.27. The number of likely N-dealkylation sites (N-methyl/N-ethyl adjacent to an activating group) is 1. The highest BCUT2D eigenvalue weighted by molar-refractivity contribution is 5.84. The Morgan fingerprint density at radius 3 is 2.21 bits per heavy atom. The molecule has 5 heteroatoms. The number of carbonyl (C=O) groups excluding carboxylic acids is 1. The van der Waals surface area contributed by atoms with Crippen molar-refractivity contribution < 1.29 is 4.79 Å². The Balaban J connectivity index is 3.07. The maximum absolute atomic E-state index is 12.2. The van der Waals surface area contributed by atoms with Crippen LogP contribution in [0.5, 0.6) is 0 Å². The van der Waals surface area contributed by atoms with Gasteiger partial charge < -0.3 is 10.2 Å². The van der Waals surface area contributed by atoms with E-state index in [2.05, 4.69) is 15.3 Å². The molecule has 1 amide bonds. The van der Waals surface area contributed by atoms with Gasteiger partial charge in [0, 0.05) is 25.4 Å². The molecule has 0 saturated heterocycles. The standard InChI is InChI=1S/C14H24N4O/c1-8(2)12(14(19)18(6)7)17-13-9(3)10(4)15-11(5)16-13/h8,12H,1-7H3,(H,15,16,17)/t12-/m0/s1. The molecule has 5 nitrogen and oxygen atoms in total. The first-order valence-corrected chi connectivity index (χ1v) is 6.53. The zero-order valence-electron chi connectivity index (χ0n) is 12.9. The Morgan fingerprint density at radius 1 is 1.16 bits per heavy atom. The molecule has 1 aromatic rings. The molecular weight excluding hydrogens is 240 g/mol. The Kier molecular flexibility index (Phi) is 4.86. The van der Waals surface area contributed by atoms with Gasteiger partial charge in [0.15, 0.2) is 0 Å². The SMILES string of the molecule is Cc1nc(C)c(C)c(N[C@H](C(=O)N(C)C)C(C)C)n1. The number of aryl methyl sites for hydroxylation is 2. The third-order valence-electron chi connectivity index (χ3n) is 3.17. The Bertz CT molecular complexity index is 469. The predicted octanol–water partition coefficient (Wildman–Crippen LogP) is 1.93. The van der Waals surface area contributed by atoms with E-state index in [0.29, 0.717) is 5.82 Å². The molecule has 19 heavy (non-hydrogen) atoms. The van der Waals surface area contributed by atoms with E-state index < -0.39 is 0 Å². The lowest BCUT2D eigenvalue weighted by Gasteiger charge is -2.26. The van der Waals surface area contributed by atoms with Crippen molar-refractivity contribution in [1.82, 2.24) is 14.9 Å². The quantitative estimate of drug-likeness (QED) is 0.902. The van der Waals surface area contributed by atoms with Gasteiger partial charge in [-0.3, -0.25) is 4.79 Å². The molecule has 0 spiro atoms. The summed E-state index contributed by atoms with van der Waals surface area (Å²) in [5.74, 6) is 1.71. The predicted molar refractivity (Wildman–Crippen MR) is 77.2 cm³/mol. The van der Waals surface area contributed by atoms with E-state index in [1.54, 1.807) is 19.0 Å². The molecule has 0 aromatic carbocycles. The van der Waals surface area contributed by atoms with Crippen molar-refractivity contribution in [2.24, 2.45) is 5.92 Å². The van der Waals surface area contributed by atoms with Crippen molar-refractivity contribution in [3.8, 4) is 0 Å². The van der Waals surface area contributed by atoms with E-state index in [1.807, 2.05) is 34.6 Å². The molecule has 1 rings (SSSR count). The number of anilines is 1. The van der Waals surface area contributed by atoms with Crippen molar-refractivity contribution in [1.29, 1.82) is 0 Å². The van der Waals surface area contributed by atoms with Crippen LogP contribution in [-0.4, -0.2) is 40.9 Å². The molecule has 0 aliphatic carbocycles. The Morgan fingerprint density at radius 2 is 1.74 bits per heavy atom. The van der Waals surface area contributed by atoms with Crippen LogP contribution < -0.4 is 5.32 Å². The first-order chi connectivity index (χ1) is 8.73. The van der Waals surface area contributed by atoms with Crippen molar-refractivity contribution in [2.75, 3.05) is 19.4 Å². The van der Waals surface area contributed by atoms with Gasteiger partial charge in [-0.25, -0.2) is 9.97 Å². The lowest BCUT2D eigenvalue weighted by atomic mass is 10.0. The number of hydrogen-bond acceptors (Lipinski definition) is 4. The summed E-state index contributed by atoms with van der Waals surface area (Å²) >= 11 is 0. The maximum atomic E-state index is 12.2. The zero-order chi connectivity index (χ0) is 14.7. The Labute approximate surface area is 115 Å². The molecule has 106 valence electrons. The molecule has 0 aliphatic rings. The number of carbonyl (C=O) groups is 1. The van der Waals surface area contributed by atoms with E-state index in [1.165, 1.54) is 0 Å². The minimum Gasteiger partial charge on any atom is -0.358 e. The van der Waals surface area contributed by atoms with Crippen LogP contribution in [0.15, 0.2) is 0 Å². The first-order valence-electron chi connectivity index (χ1n) is 6.53. The number of nitrogens with one attached hydrogen (secondary N) is 1. The smallest absolute Gasteiger partial charge is 0.244 e. The molecule has 0 unspecified atom stereocenters. The average molecular weight is 264 g/mol. The van der Waals surface area contributed by atoms with Gasteiger partial charge in [-0.2, -0.15) is 0 Å². The summed E-state index contributed by atoms with van der Waals surface area (Å²) in [7, 11) is 3.53. The molecule has 0 aliphatic heterocycles. The summed E-state index contributed by atoms with van der Waals surface area (Å²) in [6, 6.07) is -0.276. The van der Waals surface area contributed by atoms with Gasteiger partial charge in [0.2, 0.25) is 5.91 Å². The summed E-state index contributed by atoms with van der Waals surface area (Å²) in [6.45, 7) is 9.82. The van der Waals surface area contributed by atoms with Gasteiger partial charge in [-0.05, 0) is 26.7 Å². The molecule has 1 N–H and O–H groups in total. The van der Waals surface area contributed by atoms with Crippen LogP contribution in [0, 0.1) is 26.7 Å². The largest absolute Gasteiger partial charge is 0.358 e. The van der Waals surface area contributed by atoms with E-state index in [0.717, 1.165) is 17.1 Å². The summed E-state index contributed by atoms with van der Waals surface area (Å²) in [4.78, 5) is 22.5. The third kappa shape index (κ3) is 3.66. The number of hydrogen-bond donors (Lipinski definition) is 1. The van der Waals surface area contributed by atoms with Crippen LogP contribution in [0.1, 0.15) is 30.9 Å². The van der Waals surface area contributed by atoms with Crippen LogP contribution >= 0.6 is 0 Å². The fourth-order valence-corrected chi connectivity index (χ4v) is 1.85. The fraction of sp³-hybridized carbons (Fsp3) is 0.643. The van der Waals surface area contributed by atoms with Crippen LogP contribution in [0.4, 0.5) is 5.82 Å². The van der Waals surface area contributed by atoms with Gasteiger partial charge in [-0.1, -0.05) is 13.8 Å². The maximum Gasteiger partial charge on any atom is 0.244 e. The number of nitrogens with zero attached hydrogens (tertiary/aromatic N) is 3. The average Bonchev–Trinajstić information content (AvgIpc) is 2.30. The summed E-state index contributed by atoms with van der Waals surface area (Å²) < 4.78 is 0. The lowest BCUT2D eigenvalue weighted by Crippen LogP contribution is -2.42. The van der Waals surface area contributed by atoms with Gasteiger partial charge in [0.1, 0.15) is 17.7 Å². The highest BCUT2D eigenvalue weighted by atomic mass is 16.2.